The van der Waals surface area contributed by atoms with Crippen molar-refractivity contribution in [3.63, 3.8) is 0 Å². The van der Waals surface area contributed by atoms with Crippen LogP contribution in [0.15, 0.2) is 0 Å². The Hall–Kier alpha value is -0.410. The van der Waals surface area contributed by atoms with Crippen molar-refractivity contribution in [2.45, 2.75) is 73.7 Å². The lowest BCUT2D eigenvalue weighted by Gasteiger charge is -2.09. The number of aliphatic hydroxyl groups excluding tert-OH is 1. The lowest BCUT2D eigenvalue weighted by atomic mass is 10.4. The van der Waals surface area contributed by atoms with Gasteiger partial charge in [0, 0.05) is 6.10 Å². The third-order valence-electron chi connectivity index (χ3n) is 0.544. The number of hydrogen-bond donors (Lipinski definition) is 1. The predicted molar refractivity (Wildman–Crippen MR) is 65.1 cm³/mol. The molecular weight excluding hydrogens is 192 g/mol. The van der Waals surface area contributed by atoms with Crippen molar-refractivity contribution in [3.05, 3.63) is 0 Å². The van der Waals surface area contributed by atoms with Crippen molar-refractivity contribution in [2.75, 3.05) is 0 Å². The number of ketones is 1. The molecule has 0 aliphatic heterocycles. The highest BCUT2D eigenvalue weighted by atomic mass is 16.5. The molecule has 1 N–H and O–H groups in total. The lowest BCUT2D eigenvalue weighted by Crippen LogP contribution is -2.09. The molecule has 0 aromatic rings. The Kier molecular flexibility index (Phi) is 18.2. The molecule has 0 saturated heterocycles. The summed E-state index contributed by atoms with van der Waals surface area (Å²) >= 11 is 0. The molecule has 0 unspecified atom stereocenters. The second-order valence-corrected chi connectivity index (χ2v) is 4.24. The molecule has 0 aromatic heterocycles. The lowest BCUT2D eigenvalue weighted by molar-refractivity contribution is -0.114. The van der Waals surface area contributed by atoms with Crippen LogP contribution in [0.2, 0.25) is 0 Å². The second kappa shape index (κ2) is 13.6. The van der Waals surface area contributed by atoms with Gasteiger partial charge in [-0.25, -0.2) is 0 Å². The van der Waals surface area contributed by atoms with Gasteiger partial charge < -0.3 is 14.6 Å². The van der Waals surface area contributed by atoms with E-state index in [2.05, 4.69) is 0 Å². The molecule has 0 spiro atoms. The number of Topliss-reactive ketones (excluding diaryl/α,β-unsaturated/α-hetero) is 1. The maximum atomic E-state index is 9.44. The van der Waals surface area contributed by atoms with E-state index in [0.29, 0.717) is 12.2 Å². The SMILES string of the molecule is CC(C)=O.CC(C)O.CC(C)OC(C)C. The van der Waals surface area contributed by atoms with Gasteiger partial charge in [0.1, 0.15) is 5.78 Å². The van der Waals surface area contributed by atoms with Gasteiger partial charge in [-0.05, 0) is 55.4 Å². The Balaban J connectivity index is -0.000000155. The van der Waals surface area contributed by atoms with Crippen LogP contribution >= 0.6 is 0 Å². The molecule has 94 valence electrons. The minimum Gasteiger partial charge on any atom is -0.394 e. The Morgan fingerprint density at radius 1 is 0.933 bits per heavy atom. The summed E-state index contributed by atoms with van der Waals surface area (Å²) in [6, 6.07) is 0. The van der Waals surface area contributed by atoms with Crippen molar-refractivity contribution < 1.29 is 14.6 Å². The standard InChI is InChI=1S/C6H14O.C3H8O.C3H6O/c1-5(2)7-6(3)4;2*1-3(2)4/h5-6H,1-4H3;3-4H,1-2H3;1-2H3. The van der Waals surface area contributed by atoms with Crippen LogP contribution in [0.4, 0.5) is 0 Å². The first-order chi connectivity index (χ1) is 6.59. The van der Waals surface area contributed by atoms with E-state index in [0.717, 1.165) is 0 Å². The molecule has 0 amide bonds. The normalized spacial score (nSPS) is 9.33. The number of carbonyl (C=O) groups is 1. The van der Waals surface area contributed by atoms with E-state index in [9.17, 15) is 4.79 Å². The predicted octanol–water partition coefficient (Wildman–Crippen LogP) is 2.80. The molecule has 0 saturated carbocycles. The third-order valence-corrected chi connectivity index (χ3v) is 0.544. The molecule has 0 aromatic carbocycles. The van der Waals surface area contributed by atoms with Crippen LogP contribution in [0.1, 0.15) is 55.4 Å². The molecule has 0 aliphatic rings. The molecule has 15 heavy (non-hydrogen) atoms. The summed E-state index contributed by atoms with van der Waals surface area (Å²) in [7, 11) is 0. The van der Waals surface area contributed by atoms with Gasteiger partial charge in [-0.1, -0.05) is 0 Å². The molecule has 0 heterocycles. The van der Waals surface area contributed by atoms with Gasteiger partial charge in [-0.3, -0.25) is 0 Å². The van der Waals surface area contributed by atoms with Gasteiger partial charge in [0.25, 0.3) is 0 Å². The second-order valence-electron chi connectivity index (χ2n) is 4.24. The maximum absolute atomic E-state index is 9.44. The Morgan fingerprint density at radius 3 is 1.07 bits per heavy atom. The minimum absolute atomic E-state index is 0.167. The molecule has 0 rings (SSSR count). The number of rotatable bonds is 2. The molecule has 0 bridgehead atoms. The molecule has 0 radical (unpaired) electrons. The summed E-state index contributed by atoms with van der Waals surface area (Å²) in [6.45, 7) is 14.7. The zero-order valence-corrected chi connectivity index (χ0v) is 11.5. The van der Waals surface area contributed by atoms with Crippen molar-refractivity contribution >= 4 is 5.78 Å². The fourth-order valence-electron chi connectivity index (χ4n) is 0.544. The average Bonchev–Trinajstić information content (AvgIpc) is 1.78. The van der Waals surface area contributed by atoms with Crippen LogP contribution in [0.3, 0.4) is 0 Å². The topological polar surface area (TPSA) is 46.5 Å². The molecule has 0 atom stereocenters. The van der Waals surface area contributed by atoms with E-state index >= 15 is 0 Å². The summed E-state index contributed by atoms with van der Waals surface area (Å²) in [5.74, 6) is 0.167. The highest BCUT2D eigenvalue weighted by Crippen LogP contribution is 1.93. The first-order valence-corrected chi connectivity index (χ1v) is 5.40. The molecule has 0 aliphatic carbocycles. The van der Waals surface area contributed by atoms with E-state index in [1.165, 1.54) is 13.8 Å². The Morgan fingerprint density at radius 2 is 1.07 bits per heavy atom. The van der Waals surface area contributed by atoms with E-state index in [-0.39, 0.29) is 11.9 Å². The Bertz CT molecular complexity index is 116. The summed E-state index contributed by atoms with van der Waals surface area (Å²) in [6.07, 6.45) is 0.583. The van der Waals surface area contributed by atoms with E-state index < -0.39 is 0 Å². The summed E-state index contributed by atoms with van der Waals surface area (Å²) < 4.78 is 5.25. The number of ether oxygens (including phenoxy) is 1. The minimum atomic E-state index is -0.167. The monoisotopic (exact) mass is 220 g/mol. The van der Waals surface area contributed by atoms with Gasteiger partial charge >= 0.3 is 0 Å². The van der Waals surface area contributed by atoms with Crippen LogP contribution < -0.4 is 0 Å². The molecule has 0 fully saturated rings. The van der Waals surface area contributed by atoms with Gasteiger partial charge in [0.05, 0.1) is 12.2 Å². The van der Waals surface area contributed by atoms with Crippen LogP contribution in [0.25, 0.3) is 0 Å². The zero-order valence-electron chi connectivity index (χ0n) is 11.5. The number of hydrogen-bond acceptors (Lipinski definition) is 3. The van der Waals surface area contributed by atoms with Crippen molar-refractivity contribution in [1.82, 2.24) is 0 Å². The zero-order chi connectivity index (χ0) is 13.0. The number of carbonyl (C=O) groups excluding carboxylic acids is 1. The van der Waals surface area contributed by atoms with Crippen LogP contribution in [0.5, 0.6) is 0 Å². The largest absolute Gasteiger partial charge is 0.394 e. The first kappa shape index (κ1) is 20.1. The highest BCUT2D eigenvalue weighted by molar-refractivity contribution is 5.72. The van der Waals surface area contributed by atoms with Crippen LogP contribution in [0, 0.1) is 0 Å². The molecular formula is C12H28O3. The smallest absolute Gasteiger partial charge is 0.126 e. The van der Waals surface area contributed by atoms with Crippen molar-refractivity contribution in [1.29, 1.82) is 0 Å². The van der Waals surface area contributed by atoms with Crippen molar-refractivity contribution in [3.8, 4) is 0 Å². The average molecular weight is 220 g/mol. The maximum Gasteiger partial charge on any atom is 0.126 e. The first-order valence-electron chi connectivity index (χ1n) is 5.40. The van der Waals surface area contributed by atoms with Gasteiger partial charge in [0.2, 0.25) is 0 Å². The van der Waals surface area contributed by atoms with E-state index in [1.807, 2.05) is 27.7 Å². The van der Waals surface area contributed by atoms with Crippen LogP contribution in [-0.2, 0) is 9.53 Å². The van der Waals surface area contributed by atoms with Gasteiger partial charge in [-0.15, -0.1) is 0 Å². The summed E-state index contributed by atoms with van der Waals surface area (Å²) in [4.78, 5) is 9.44. The van der Waals surface area contributed by atoms with E-state index in [4.69, 9.17) is 9.84 Å². The van der Waals surface area contributed by atoms with E-state index in [1.54, 1.807) is 13.8 Å². The van der Waals surface area contributed by atoms with Gasteiger partial charge in [-0.2, -0.15) is 0 Å². The summed E-state index contributed by atoms with van der Waals surface area (Å²) in [5, 5.41) is 8.06. The summed E-state index contributed by atoms with van der Waals surface area (Å²) in [5.41, 5.74) is 0. The van der Waals surface area contributed by atoms with Gasteiger partial charge in [0.15, 0.2) is 0 Å². The Labute approximate surface area is 94.8 Å². The van der Waals surface area contributed by atoms with Crippen LogP contribution in [-0.4, -0.2) is 29.2 Å². The van der Waals surface area contributed by atoms with Crippen molar-refractivity contribution in [2.24, 2.45) is 0 Å². The third kappa shape index (κ3) is 142. The molecule has 3 heteroatoms. The molecule has 3 nitrogen and oxygen atoms in total. The quantitative estimate of drug-likeness (QED) is 0.778. The highest BCUT2D eigenvalue weighted by Gasteiger charge is 1.94. The number of aliphatic hydroxyl groups is 1. The fourth-order valence-corrected chi connectivity index (χ4v) is 0.544. The fraction of sp³-hybridized carbons (Fsp3) is 0.917.